The first-order valence-corrected chi connectivity index (χ1v) is 7.29. The van der Waals surface area contributed by atoms with E-state index in [9.17, 15) is 0 Å². The number of aryl methyl sites for hydroxylation is 1. The fraction of sp³-hybridized carbons (Fsp3) is 0.733. The maximum atomic E-state index is 5.71. The maximum Gasteiger partial charge on any atom is 0.157 e. The van der Waals surface area contributed by atoms with Crippen LogP contribution in [0.5, 0.6) is 0 Å². The molecule has 1 fully saturated rings. The molecule has 102 valence electrons. The molecular weight excluding hydrogens is 226 g/mol. The van der Waals surface area contributed by atoms with Gasteiger partial charge in [0.1, 0.15) is 0 Å². The van der Waals surface area contributed by atoms with Crippen LogP contribution < -0.4 is 0 Å². The van der Waals surface area contributed by atoms with Gasteiger partial charge >= 0.3 is 0 Å². The quantitative estimate of drug-likeness (QED) is 0.659. The van der Waals surface area contributed by atoms with Gasteiger partial charge in [-0.25, -0.2) is 0 Å². The molecular formula is C15H25NO2. The fourth-order valence-electron chi connectivity index (χ4n) is 2.33. The first kappa shape index (κ1) is 13.6. The van der Waals surface area contributed by atoms with Crippen LogP contribution in [0.1, 0.15) is 44.9 Å². The molecule has 0 bridgehead atoms. The van der Waals surface area contributed by atoms with Gasteiger partial charge in [-0.15, -0.1) is 0 Å². The van der Waals surface area contributed by atoms with Gasteiger partial charge in [-0.3, -0.25) is 0 Å². The molecule has 3 nitrogen and oxygen atoms in total. The summed E-state index contributed by atoms with van der Waals surface area (Å²) >= 11 is 0. The van der Waals surface area contributed by atoms with E-state index in [1.807, 2.05) is 0 Å². The Morgan fingerprint density at radius 2 is 1.89 bits per heavy atom. The van der Waals surface area contributed by atoms with Crippen LogP contribution in [-0.4, -0.2) is 24.1 Å². The highest BCUT2D eigenvalue weighted by Gasteiger charge is 2.13. The minimum Gasteiger partial charge on any atom is -0.354 e. The molecule has 0 spiro atoms. The summed E-state index contributed by atoms with van der Waals surface area (Å²) in [5.41, 5.74) is 0. The number of nitrogens with zero attached hydrogens (tertiary/aromatic N) is 1. The van der Waals surface area contributed by atoms with Crippen LogP contribution in [0, 0.1) is 0 Å². The first-order valence-electron chi connectivity index (χ1n) is 7.29. The average molecular weight is 251 g/mol. The molecule has 3 heteroatoms. The Morgan fingerprint density at radius 1 is 1.06 bits per heavy atom. The summed E-state index contributed by atoms with van der Waals surface area (Å²) in [5.74, 6) is 0. The molecule has 2 heterocycles. The molecule has 1 aliphatic rings. The molecule has 1 aliphatic heterocycles. The third kappa shape index (κ3) is 5.23. The van der Waals surface area contributed by atoms with Crippen molar-refractivity contribution in [3.63, 3.8) is 0 Å². The smallest absolute Gasteiger partial charge is 0.157 e. The van der Waals surface area contributed by atoms with Crippen molar-refractivity contribution >= 4 is 0 Å². The predicted octanol–water partition coefficient (Wildman–Crippen LogP) is 3.59. The van der Waals surface area contributed by atoms with Crippen molar-refractivity contribution in [3.05, 3.63) is 24.5 Å². The highest BCUT2D eigenvalue weighted by atomic mass is 16.7. The van der Waals surface area contributed by atoms with E-state index in [0.29, 0.717) is 0 Å². The minimum atomic E-state index is 0.0821. The lowest BCUT2D eigenvalue weighted by Crippen LogP contribution is -2.22. The van der Waals surface area contributed by atoms with Crippen molar-refractivity contribution in [3.8, 4) is 0 Å². The van der Waals surface area contributed by atoms with Gasteiger partial charge in [0, 0.05) is 32.2 Å². The van der Waals surface area contributed by atoms with Gasteiger partial charge in [-0.2, -0.15) is 0 Å². The molecule has 1 saturated heterocycles. The van der Waals surface area contributed by atoms with Gasteiger partial charge < -0.3 is 14.0 Å². The minimum absolute atomic E-state index is 0.0821. The van der Waals surface area contributed by atoms with Gasteiger partial charge in [0.2, 0.25) is 0 Å². The average Bonchev–Trinajstić information content (AvgIpc) is 2.92. The molecule has 0 aromatic carbocycles. The second-order valence-corrected chi connectivity index (χ2v) is 5.00. The van der Waals surface area contributed by atoms with Crippen LogP contribution in [0.4, 0.5) is 0 Å². The van der Waals surface area contributed by atoms with Crippen LogP contribution >= 0.6 is 0 Å². The van der Waals surface area contributed by atoms with Gasteiger partial charge in [-0.05, 0) is 44.2 Å². The van der Waals surface area contributed by atoms with Crippen molar-refractivity contribution in [2.45, 2.75) is 57.8 Å². The summed E-state index contributed by atoms with van der Waals surface area (Å²) in [6.07, 6.45) is 12.8. The zero-order valence-corrected chi connectivity index (χ0v) is 11.2. The largest absolute Gasteiger partial charge is 0.354 e. The lowest BCUT2D eigenvalue weighted by Gasteiger charge is -2.22. The molecule has 18 heavy (non-hydrogen) atoms. The Morgan fingerprint density at radius 3 is 2.67 bits per heavy atom. The number of hydrogen-bond donors (Lipinski definition) is 0. The van der Waals surface area contributed by atoms with E-state index in [2.05, 4.69) is 29.1 Å². The van der Waals surface area contributed by atoms with E-state index in [1.54, 1.807) is 0 Å². The van der Waals surface area contributed by atoms with Crippen molar-refractivity contribution in [2.24, 2.45) is 0 Å². The summed E-state index contributed by atoms with van der Waals surface area (Å²) in [5, 5.41) is 0. The van der Waals surface area contributed by atoms with Crippen molar-refractivity contribution in [2.75, 3.05) is 13.2 Å². The van der Waals surface area contributed by atoms with Crippen LogP contribution in [0.2, 0.25) is 0 Å². The molecule has 1 atom stereocenters. The highest BCUT2D eigenvalue weighted by molar-refractivity contribution is 4.89. The maximum absolute atomic E-state index is 5.71. The van der Waals surface area contributed by atoms with Crippen LogP contribution in [0.15, 0.2) is 24.5 Å². The molecule has 1 unspecified atom stereocenters. The third-order valence-corrected chi connectivity index (χ3v) is 3.42. The Kier molecular flexibility index (Phi) is 6.30. The van der Waals surface area contributed by atoms with Crippen molar-refractivity contribution in [1.29, 1.82) is 0 Å². The lowest BCUT2D eigenvalue weighted by atomic mass is 10.2. The summed E-state index contributed by atoms with van der Waals surface area (Å²) in [6, 6.07) is 4.16. The zero-order chi connectivity index (χ0) is 12.5. The van der Waals surface area contributed by atoms with E-state index in [1.165, 1.54) is 32.1 Å². The summed E-state index contributed by atoms with van der Waals surface area (Å²) < 4.78 is 13.5. The number of hydrogen-bond acceptors (Lipinski definition) is 2. The number of unbranched alkanes of at least 4 members (excludes halogenated alkanes) is 3. The number of aromatic nitrogens is 1. The normalized spacial score (nSPS) is 20.1. The molecule has 0 aliphatic carbocycles. The zero-order valence-electron chi connectivity index (χ0n) is 11.2. The molecule has 0 radical (unpaired) electrons. The number of rotatable bonds is 8. The van der Waals surface area contributed by atoms with Crippen molar-refractivity contribution in [1.82, 2.24) is 4.57 Å². The van der Waals surface area contributed by atoms with Gasteiger partial charge in [0.05, 0.1) is 0 Å². The molecule has 0 saturated carbocycles. The summed E-state index contributed by atoms with van der Waals surface area (Å²) in [6.45, 7) is 2.87. The fourth-order valence-corrected chi connectivity index (χ4v) is 2.33. The molecule has 1 aromatic rings. The Balaban J connectivity index is 1.39. The first-order chi connectivity index (χ1) is 8.95. The Labute approximate surface area is 110 Å². The predicted molar refractivity (Wildman–Crippen MR) is 72.4 cm³/mol. The monoisotopic (exact) mass is 251 g/mol. The highest BCUT2D eigenvalue weighted by Crippen LogP contribution is 2.14. The van der Waals surface area contributed by atoms with Crippen LogP contribution in [0.3, 0.4) is 0 Å². The van der Waals surface area contributed by atoms with E-state index >= 15 is 0 Å². The second kappa shape index (κ2) is 8.33. The molecule has 0 amide bonds. The van der Waals surface area contributed by atoms with E-state index in [-0.39, 0.29) is 6.29 Å². The Hall–Kier alpha value is -0.800. The van der Waals surface area contributed by atoms with Crippen LogP contribution in [0.25, 0.3) is 0 Å². The summed E-state index contributed by atoms with van der Waals surface area (Å²) in [7, 11) is 0. The summed E-state index contributed by atoms with van der Waals surface area (Å²) in [4.78, 5) is 0. The van der Waals surface area contributed by atoms with E-state index in [0.717, 1.165) is 32.6 Å². The standard InChI is InChI=1S/C15H25NO2/c1(4-10-16-11-5-6-12-16)2-7-13-17-15-9-3-8-14-18-15/h5-6,11-12,15H,1-4,7-10,13-14H2. The second-order valence-electron chi connectivity index (χ2n) is 5.00. The van der Waals surface area contributed by atoms with Crippen molar-refractivity contribution < 1.29 is 9.47 Å². The third-order valence-electron chi connectivity index (χ3n) is 3.42. The van der Waals surface area contributed by atoms with E-state index in [4.69, 9.17) is 9.47 Å². The van der Waals surface area contributed by atoms with Crippen LogP contribution in [-0.2, 0) is 16.0 Å². The topological polar surface area (TPSA) is 23.4 Å². The number of ether oxygens (including phenoxy) is 2. The molecule has 2 rings (SSSR count). The van der Waals surface area contributed by atoms with Gasteiger partial charge in [-0.1, -0.05) is 12.8 Å². The molecule has 1 aromatic heterocycles. The molecule has 0 N–H and O–H groups in total. The SMILES string of the molecule is c1ccn(CCCCCCOC2CCCCO2)c1. The van der Waals surface area contributed by atoms with Gasteiger partial charge in [0.25, 0.3) is 0 Å². The Bertz CT molecular complexity index is 291. The van der Waals surface area contributed by atoms with E-state index < -0.39 is 0 Å². The lowest BCUT2D eigenvalue weighted by molar-refractivity contribution is -0.162. The van der Waals surface area contributed by atoms with Gasteiger partial charge in [0.15, 0.2) is 6.29 Å².